The summed E-state index contributed by atoms with van der Waals surface area (Å²) in [5, 5.41) is 5.27. The maximum atomic E-state index is 3.24. The van der Waals surface area contributed by atoms with E-state index in [2.05, 4.69) is 17.2 Å². The van der Waals surface area contributed by atoms with Crippen molar-refractivity contribution in [1.29, 1.82) is 0 Å². The largest absolute Gasteiger partial charge is 0.374 e. The minimum absolute atomic E-state index is 0.682. The third kappa shape index (κ3) is 3.16. The number of hydrogen-bond donors (Lipinski definition) is 1. The summed E-state index contributed by atoms with van der Waals surface area (Å²) in [6, 6.07) is 14.1. The Hall–Kier alpha value is -1.72. The quantitative estimate of drug-likeness (QED) is 0.755. The van der Waals surface area contributed by atoms with Crippen LogP contribution >= 0.6 is 11.3 Å². The fraction of sp³-hybridized carbons (Fsp3) is 0.0769. The topological polar surface area (TPSA) is 12.0 Å². The summed E-state index contributed by atoms with van der Waals surface area (Å²) >= 11 is 1.67. The van der Waals surface area contributed by atoms with Crippen LogP contribution in [-0.4, -0.2) is 6.54 Å². The maximum Gasteiger partial charge on any atom is 0.0770 e. The third-order valence-electron chi connectivity index (χ3n) is 1.89. The molecular weight excluding hydrogens is 202 g/mol. The second kappa shape index (κ2) is 5.23. The van der Waals surface area contributed by atoms with Crippen molar-refractivity contribution >= 4 is 17.0 Å². The van der Waals surface area contributed by atoms with E-state index in [-0.39, 0.29) is 0 Å². The molecule has 2 heteroatoms. The molecule has 0 fully saturated rings. The Morgan fingerprint density at radius 3 is 2.67 bits per heavy atom. The molecule has 0 radical (unpaired) electrons. The highest BCUT2D eigenvalue weighted by Gasteiger charge is 1.86. The van der Waals surface area contributed by atoms with E-state index in [0.29, 0.717) is 6.54 Å². The molecule has 0 unspecified atom stereocenters. The molecule has 0 atom stereocenters. The van der Waals surface area contributed by atoms with Crippen molar-refractivity contribution in [3.8, 4) is 11.8 Å². The minimum atomic E-state index is 0.682. The van der Waals surface area contributed by atoms with Crippen LogP contribution in [-0.2, 0) is 0 Å². The Morgan fingerprint density at radius 2 is 1.93 bits per heavy atom. The first-order chi connectivity index (χ1) is 7.45. The van der Waals surface area contributed by atoms with E-state index in [1.807, 2.05) is 47.8 Å². The molecule has 1 aromatic carbocycles. The van der Waals surface area contributed by atoms with Gasteiger partial charge in [0, 0.05) is 5.69 Å². The highest BCUT2D eigenvalue weighted by molar-refractivity contribution is 7.10. The van der Waals surface area contributed by atoms with Gasteiger partial charge in [0.2, 0.25) is 0 Å². The van der Waals surface area contributed by atoms with Gasteiger partial charge >= 0.3 is 0 Å². The molecule has 0 amide bonds. The molecule has 74 valence electrons. The lowest BCUT2D eigenvalue weighted by atomic mass is 10.3. The lowest BCUT2D eigenvalue weighted by Crippen LogP contribution is -1.97. The van der Waals surface area contributed by atoms with Gasteiger partial charge in [-0.3, -0.25) is 0 Å². The van der Waals surface area contributed by atoms with Crippen LogP contribution in [0.15, 0.2) is 47.8 Å². The minimum Gasteiger partial charge on any atom is -0.374 e. The number of thiophene rings is 1. The predicted octanol–water partition coefficient (Wildman–Crippen LogP) is 3.21. The normalized spacial score (nSPS) is 9.07. The molecule has 0 bridgehead atoms. The van der Waals surface area contributed by atoms with Crippen LogP contribution in [0.5, 0.6) is 0 Å². The molecule has 0 saturated carbocycles. The average Bonchev–Trinajstić information content (AvgIpc) is 2.79. The fourth-order valence-corrected chi connectivity index (χ4v) is 1.78. The second-order valence-corrected chi connectivity index (χ2v) is 3.95. The zero-order chi connectivity index (χ0) is 10.3. The van der Waals surface area contributed by atoms with Crippen molar-refractivity contribution in [3.63, 3.8) is 0 Å². The molecule has 15 heavy (non-hydrogen) atoms. The van der Waals surface area contributed by atoms with Crippen LogP contribution in [0.1, 0.15) is 4.88 Å². The molecule has 0 aliphatic rings. The summed E-state index contributed by atoms with van der Waals surface area (Å²) in [7, 11) is 0. The Labute approximate surface area is 93.8 Å². The number of hydrogen-bond acceptors (Lipinski definition) is 2. The van der Waals surface area contributed by atoms with Crippen molar-refractivity contribution in [1.82, 2.24) is 0 Å². The van der Waals surface area contributed by atoms with Gasteiger partial charge in [-0.1, -0.05) is 36.1 Å². The van der Waals surface area contributed by atoms with E-state index in [4.69, 9.17) is 0 Å². The molecule has 0 spiro atoms. The second-order valence-electron chi connectivity index (χ2n) is 3.00. The van der Waals surface area contributed by atoms with E-state index in [1.54, 1.807) is 11.3 Å². The predicted molar refractivity (Wildman–Crippen MR) is 66.1 cm³/mol. The van der Waals surface area contributed by atoms with Gasteiger partial charge in [-0.25, -0.2) is 0 Å². The van der Waals surface area contributed by atoms with Crippen LogP contribution < -0.4 is 5.32 Å². The maximum absolute atomic E-state index is 3.24. The van der Waals surface area contributed by atoms with E-state index in [9.17, 15) is 0 Å². The summed E-state index contributed by atoms with van der Waals surface area (Å²) < 4.78 is 0. The number of anilines is 1. The lowest BCUT2D eigenvalue weighted by Gasteiger charge is -1.99. The van der Waals surface area contributed by atoms with Crippen LogP contribution in [0.25, 0.3) is 0 Å². The summed E-state index contributed by atoms with van der Waals surface area (Å²) in [4.78, 5) is 1.12. The first-order valence-electron chi connectivity index (χ1n) is 4.76. The van der Waals surface area contributed by atoms with Crippen LogP contribution in [0, 0.1) is 11.8 Å². The van der Waals surface area contributed by atoms with Crippen molar-refractivity contribution in [2.45, 2.75) is 0 Å². The highest BCUT2D eigenvalue weighted by atomic mass is 32.1. The van der Waals surface area contributed by atoms with Crippen molar-refractivity contribution < 1.29 is 0 Å². The van der Waals surface area contributed by atoms with Crippen molar-refractivity contribution in [2.24, 2.45) is 0 Å². The number of nitrogens with one attached hydrogen (secondary N) is 1. The lowest BCUT2D eigenvalue weighted by molar-refractivity contribution is 1.38. The van der Waals surface area contributed by atoms with Crippen molar-refractivity contribution in [2.75, 3.05) is 11.9 Å². The Morgan fingerprint density at radius 1 is 1.07 bits per heavy atom. The molecule has 1 aromatic heterocycles. The first kappa shape index (κ1) is 9.82. The fourth-order valence-electron chi connectivity index (χ4n) is 1.18. The standard InChI is InChI=1S/C13H11NS/c1-2-6-12(7-3-1)14-10-4-8-13-9-5-11-15-13/h1-3,5-7,9,11,14H,10H2. The SMILES string of the molecule is C(#Cc1cccs1)CNc1ccccc1. The zero-order valence-corrected chi connectivity index (χ0v) is 9.05. The van der Waals surface area contributed by atoms with Crippen LogP contribution in [0.2, 0.25) is 0 Å². The molecule has 0 aliphatic carbocycles. The van der Waals surface area contributed by atoms with Crippen LogP contribution in [0.4, 0.5) is 5.69 Å². The summed E-state index contributed by atoms with van der Waals surface area (Å²) in [6.45, 7) is 0.682. The van der Waals surface area contributed by atoms with Gasteiger partial charge in [-0.15, -0.1) is 11.3 Å². The van der Waals surface area contributed by atoms with Gasteiger partial charge in [0.25, 0.3) is 0 Å². The smallest absolute Gasteiger partial charge is 0.0770 e. The summed E-state index contributed by atoms with van der Waals surface area (Å²) in [5.74, 6) is 6.19. The van der Waals surface area contributed by atoms with E-state index in [1.165, 1.54) is 0 Å². The van der Waals surface area contributed by atoms with E-state index in [0.717, 1.165) is 10.6 Å². The van der Waals surface area contributed by atoms with Gasteiger partial charge in [0.15, 0.2) is 0 Å². The number of para-hydroxylation sites is 1. The van der Waals surface area contributed by atoms with E-state index >= 15 is 0 Å². The molecule has 1 nitrogen and oxygen atoms in total. The molecule has 1 N–H and O–H groups in total. The summed E-state index contributed by atoms with van der Waals surface area (Å²) in [6.07, 6.45) is 0. The molecule has 0 aliphatic heterocycles. The highest BCUT2D eigenvalue weighted by Crippen LogP contribution is 2.06. The Balaban J connectivity index is 1.85. The Kier molecular flexibility index (Phi) is 3.43. The van der Waals surface area contributed by atoms with Gasteiger partial charge in [-0.2, -0.15) is 0 Å². The molecule has 2 aromatic rings. The molecular formula is C13H11NS. The molecule has 0 saturated heterocycles. The first-order valence-corrected chi connectivity index (χ1v) is 5.64. The number of rotatable bonds is 2. The van der Waals surface area contributed by atoms with Gasteiger partial charge in [0.1, 0.15) is 0 Å². The zero-order valence-electron chi connectivity index (χ0n) is 8.23. The van der Waals surface area contributed by atoms with Gasteiger partial charge in [-0.05, 0) is 23.6 Å². The van der Waals surface area contributed by atoms with Crippen molar-refractivity contribution in [3.05, 3.63) is 52.7 Å². The summed E-state index contributed by atoms with van der Waals surface area (Å²) in [5.41, 5.74) is 1.11. The van der Waals surface area contributed by atoms with E-state index < -0.39 is 0 Å². The molecule has 2 rings (SSSR count). The van der Waals surface area contributed by atoms with Gasteiger partial charge in [0.05, 0.1) is 11.4 Å². The van der Waals surface area contributed by atoms with Crippen LogP contribution in [0.3, 0.4) is 0 Å². The average molecular weight is 213 g/mol. The third-order valence-corrected chi connectivity index (χ3v) is 2.67. The molecule has 1 heterocycles. The monoisotopic (exact) mass is 213 g/mol. The Bertz CT molecular complexity index is 448. The number of benzene rings is 1. The van der Waals surface area contributed by atoms with Gasteiger partial charge < -0.3 is 5.32 Å².